The van der Waals surface area contributed by atoms with Gasteiger partial charge in [-0.1, -0.05) is 11.3 Å². The number of nitrogens with zero attached hydrogens (tertiary/aromatic N) is 2. The molecule has 1 heterocycles. The fourth-order valence-corrected chi connectivity index (χ4v) is 1.80. The van der Waals surface area contributed by atoms with Gasteiger partial charge in [0.05, 0.1) is 13.7 Å². The number of aromatic nitrogens is 1. The lowest BCUT2D eigenvalue weighted by Gasteiger charge is -2.04. The van der Waals surface area contributed by atoms with Gasteiger partial charge in [0.15, 0.2) is 10.9 Å². The zero-order valence-corrected chi connectivity index (χ0v) is 9.22. The summed E-state index contributed by atoms with van der Waals surface area (Å²) >= 11 is 1.29. The van der Waals surface area contributed by atoms with Crippen LogP contribution in [0.25, 0.3) is 0 Å². The van der Waals surface area contributed by atoms with Gasteiger partial charge in [-0.05, 0) is 0 Å². The Morgan fingerprint density at radius 3 is 2.71 bits per heavy atom. The average molecular weight is 215 g/mol. The summed E-state index contributed by atoms with van der Waals surface area (Å²) in [4.78, 5) is 17.8. The van der Waals surface area contributed by atoms with E-state index in [0.717, 1.165) is 5.13 Å². The first-order chi connectivity index (χ1) is 6.60. The van der Waals surface area contributed by atoms with Gasteiger partial charge in [0.1, 0.15) is 4.88 Å². The van der Waals surface area contributed by atoms with E-state index in [1.807, 2.05) is 19.0 Å². The van der Waals surface area contributed by atoms with Crippen molar-refractivity contribution in [2.45, 2.75) is 0 Å². The molecule has 5 nitrogen and oxygen atoms in total. The molecule has 0 saturated carbocycles. The Morgan fingerprint density at radius 2 is 2.29 bits per heavy atom. The minimum Gasteiger partial charge on any atom is -0.480 e. The second kappa shape index (κ2) is 4.39. The molecule has 0 aliphatic rings. The highest BCUT2D eigenvalue weighted by molar-refractivity contribution is 7.17. The third-order valence-electron chi connectivity index (χ3n) is 1.60. The van der Waals surface area contributed by atoms with E-state index >= 15 is 0 Å². The number of ketones is 1. The molecule has 6 heteroatoms. The summed E-state index contributed by atoms with van der Waals surface area (Å²) < 4.78 is 5.00. The Bertz CT molecular complexity index is 335. The lowest BCUT2D eigenvalue weighted by Crippen LogP contribution is -2.12. The Hall–Kier alpha value is -1.14. The van der Waals surface area contributed by atoms with Crippen LogP contribution in [0.1, 0.15) is 9.67 Å². The lowest BCUT2D eigenvalue weighted by atomic mass is 10.3. The second-order valence-electron chi connectivity index (χ2n) is 2.86. The number of ether oxygens (including phenoxy) is 1. The molecule has 0 bridgehead atoms. The van der Waals surface area contributed by atoms with Crippen molar-refractivity contribution in [2.24, 2.45) is 5.73 Å². The first-order valence-electron chi connectivity index (χ1n) is 4.05. The monoisotopic (exact) mass is 215 g/mol. The Labute approximate surface area is 86.5 Å². The van der Waals surface area contributed by atoms with Crippen molar-refractivity contribution >= 4 is 22.3 Å². The number of methoxy groups -OCH3 is 1. The molecule has 0 spiro atoms. The molecule has 1 aromatic rings. The summed E-state index contributed by atoms with van der Waals surface area (Å²) in [6.45, 7) is -0.0224. The molecule has 0 aromatic carbocycles. The van der Waals surface area contributed by atoms with Crippen LogP contribution in [-0.4, -0.2) is 38.5 Å². The smallest absolute Gasteiger partial charge is 0.237 e. The van der Waals surface area contributed by atoms with Gasteiger partial charge in [-0.3, -0.25) is 4.79 Å². The average Bonchev–Trinajstić information content (AvgIpc) is 2.60. The first-order valence-corrected chi connectivity index (χ1v) is 4.87. The molecule has 0 saturated heterocycles. The van der Waals surface area contributed by atoms with Gasteiger partial charge >= 0.3 is 0 Å². The number of anilines is 1. The van der Waals surface area contributed by atoms with Gasteiger partial charge in [0, 0.05) is 14.1 Å². The van der Waals surface area contributed by atoms with E-state index in [1.54, 1.807) is 0 Å². The third kappa shape index (κ3) is 2.02. The molecule has 0 aliphatic heterocycles. The van der Waals surface area contributed by atoms with Gasteiger partial charge < -0.3 is 15.4 Å². The number of nitrogens with two attached hydrogens (primary N) is 1. The molecule has 2 N–H and O–H groups in total. The van der Waals surface area contributed by atoms with E-state index in [2.05, 4.69) is 4.98 Å². The van der Waals surface area contributed by atoms with Crippen molar-refractivity contribution in [3.8, 4) is 5.88 Å². The van der Waals surface area contributed by atoms with Crippen molar-refractivity contribution < 1.29 is 9.53 Å². The lowest BCUT2D eigenvalue weighted by molar-refractivity contribution is 0.100. The number of hydrogen-bond acceptors (Lipinski definition) is 6. The van der Waals surface area contributed by atoms with Crippen LogP contribution in [0.2, 0.25) is 0 Å². The van der Waals surface area contributed by atoms with Gasteiger partial charge in [-0.25, -0.2) is 0 Å². The van der Waals surface area contributed by atoms with Gasteiger partial charge in [-0.15, -0.1) is 0 Å². The highest BCUT2D eigenvalue weighted by Crippen LogP contribution is 2.30. The van der Waals surface area contributed by atoms with Crippen LogP contribution >= 0.6 is 11.3 Å². The molecule has 14 heavy (non-hydrogen) atoms. The van der Waals surface area contributed by atoms with Crippen LogP contribution in [-0.2, 0) is 0 Å². The molecular weight excluding hydrogens is 202 g/mol. The normalized spacial score (nSPS) is 10.0. The zero-order chi connectivity index (χ0) is 10.7. The minimum atomic E-state index is -0.146. The van der Waals surface area contributed by atoms with Gasteiger partial charge in [0.2, 0.25) is 5.88 Å². The minimum absolute atomic E-state index is 0.0224. The summed E-state index contributed by atoms with van der Waals surface area (Å²) in [5.74, 6) is 0.210. The molecule has 1 rings (SSSR count). The molecule has 0 amide bonds. The zero-order valence-electron chi connectivity index (χ0n) is 8.40. The van der Waals surface area contributed by atoms with E-state index in [9.17, 15) is 4.79 Å². The van der Waals surface area contributed by atoms with Crippen LogP contribution in [0.5, 0.6) is 5.88 Å². The molecule has 0 unspecified atom stereocenters. The van der Waals surface area contributed by atoms with Crippen LogP contribution < -0.4 is 15.4 Å². The molecule has 1 aromatic heterocycles. The number of hydrogen-bond donors (Lipinski definition) is 1. The summed E-state index contributed by atoms with van der Waals surface area (Å²) in [5, 5.41) is 0.735. The summed E-state index contributed by atoms with van der Waals surface area (Å²) in [7, 11) is 5.20. The molecule has 78 valence electrons. The van der Waals surface area contributed by atoms with Crippen molar-refractivity contribution in [1.82, 2.24) is 4.98 Å². The second-order valence-corrected chi connectivity index (χ2v) is 3.83. The number of Topliss-reactive ketones (excluding diaryl/α,β-unsaturated/α-hetero) is 1. The number of carbonyl (C=O) groups excluding carboxylic acids is 1. The predicted octanol–water partition coefficient (Wildman–Crippen LogP) is 0.359. The highest BCUT2D eigenvalue weighted by Gasteiger charge is 2.18. The maximum Gasteiger partial charge on any atom is 0.237 e. The quantitative estimate of drug-likeness (QED) is 0.734. The van der Waals surface area contributed by atoms with Crippen LogP contribution in [0, 0.1) is 0 Å². The van der Waals surface area contributed by atoms with Crippen LogP contribution in [0.4, 0.5) is 5.13 Å². The Kier molecular flexibility index (Phi) is 3.43. The van der Waals surface area contributed by atoms with Crippen molar-refractivity contribution in [1.29, 1.82) is 0 Å². The SMILES string of the molecule is COc1nc(N(C)C)sc1C(=O)CN. The number of thiazole rings is 1. The summed E-state index contributed by atoms with van der Waals surface area (Å²) in [6.07, 6.45) is 0. The van der Waals surface area contributed by atoms with Crippen LogP contribution in [0.3, 0.4) is 0 Å². The van der Waals surface area contributed by atoms with Crippen LogP contribution in [0.15, 0.2) is 0 Å². The van der Waals surface area contributed by atoms with E-state index in [-0.39, 0.29) is 12.3 Å². The van der Waals surface area contributed by atoms with Crippen molar-refractivity contribution in [3.63, 3.8) is 0 Å². The van der Waals surface area contributed by atoms with E-state index in [0.29, 0.717) is 10.8 Å². The maximum atomic E-state index is 11.4. The maximum absolute atomic E-state index is 11.4. The Balaban J connectivity index is 3.08. The van der Waals surface area contributed by atoms with Gasteiger partial charge in [0.25, 0.3) is 0 Å². The fraction of sp³-hybridized carbons (Fsp3) is 0.500. The molecule has 0 fully saturated rings. The molecule has 0 aliphatic carbocycles. The van der Waals surface area contributed by atoms with Crippen molar-refractivity contribution in [2.75, 3.05) is 32.6 Å². The number of carbonyl (C=O) groups is 1. The van der Waals surface area contributed by atoms with Gasteiger partial charge in [-0.2, -0.15) is 4.98 Å². The predicted molar refractivity (Wildman–Crippen MR) is 56.4 cm³/mol. The Morgan fingerprint density at radius 1 is 1.64 bits per heavy atom. The molecule has 0 atom stereocenters. The fourth-order valence-electron chi connectivity index (χ4n) is 0.894. The topological polar surface area (TPSA) is 68.5 Å². The molecular formula is C8H13N3O2S. The van der Waals surface area contributed by atoms with E-state index < -0.39 is 0 Å². The van der Waals surface area contributed by atoms with Crippen molar-refractivity contribution in [3.05, 3.63) is 4.88 Å². The summed E-state index contributed by atoms with van der Waals surface area (Å²) in [6, 6.07) is 0. The van der Waals surface area contributed by atoms with E-state index in [4.69, 9.17) is 10.5 Å². The largest absolute Gasteiger partial charge is 0.480 e. The standard InChI is InChI=1S/C8H13N3O2S/c1-11(2)8-10-7(13-3)6(14-8)5(12)4-9/h4,9H2,1-3H3. The third-order valence-corrected chi connectivity index (χ3v) is 2.84. The number of rotatable bonds is 4. The summed E-state index contributed by atoms with van der Waals surface area (Å²) in [5.41, 5.74) is 5.27. The highest BCUT2D eigenvalue weighted by atomic mass is 32.1. The first kappa shape index (κ1) is 10.9. The van der Waals surface area contributed by atoms with E-state index in [1.165, 1.54) is 18.4 Å². The molecule has 0 radical (unpaired) electrons.